The number of halogens is 1. The number of benzene rings is 1. The van der Waals surface area contributed by atoms with Gasteiger partial charge in [0.2, 0.25) is 0 Å². The molecule has 1 aromatic carbocycles. The Morgan fingerprint density at radius 2 is 2.05 bits per heavy atom. The lowest BCUT2D eigenvalue weighted by molar-refractivity contribution is 0.0534. The lowest BCUT2D eigenvalue weighted by Crippen LogP contribution is -2.11. The molecule has 1 saturated heterocycles. The molecule has 0 bridgehead atoms. The molecule has 2 unspecified atom stereocenters. The predicted molar refractivity (Wildman–Crippen MR) is 73.1 cm³/mol. The van der Waals surface area contributed by atoms with E-state index in [4.69, 9.17) is 25.8 Å². The third kappa shape index (κ3) is 3.32. The number of hydrogen-bond acceptors (Lipinski definition) is 4. The van der Waals surface area contributed by atoms with Crippen molar-refractivity contribution >= 4 is 11.6 Å². The highest BCUT2D eigenvalue weighted by atomic mass is 35.5. The van der Waals surface area contributed by atoms with Crippen LogP contribution in [0, 0.1) is 0 Å². The van der Waals surface area contributed by atoms with Crippen molar-refractivity contribution in [2.75, 3.05) is 20.8 Å². The lowest BCUT2D eigenvalue weighted by Gasteiger charge is -2.18. The predicted octanol–water partition coefficient (Wildman–Crippen LogP) is 2.96. The van der Waals surface area contributed by atoms with Crippen molar-refractivity contribution in [2.24, 2.45) is 0 Å². The van der Waals surface area contributed by atoms with Crippen molar-refractivity contribution in [3.05, 3.63) is 22.7 Å². The number of aliphatic hydroxyl groups is 1. The van der Waals surface area contributed by atoms with Crippen molar-refractivity contribution in [1.29, 1.82) is 0 Å². The van der Waals surface area contributed by atoms with Gasteiger partial charge in [0.15, 0.2) is 11.5 Å². The molecule has 1 heterocycles. The van der Waals surface area contributed by atoms with Crippen molar-refractivity contribution in [3.63, 3.8) is 0 Å². The van der Waals surface area contributed by atoms with Gasteiger partial charge in [-0.3, -0.25) is 0 Å². The molecule has 2 atom stereocenters. The summed E-state index contributed by atoms with van der Waals surface area (Å²) in [6.45, 7) is 0.775. The highest BCUT2D eigenvalue weighted by molar-refractivity contribution is 6.31. The van der Waals surface area contributed by atoms with Crippen LogP contribution < -0.4 is 9.47 Å². The summed E-state index contributed by atoms with van der Waals surface area (Å²) in [5.74, 6) is 1.12. The average Bonchev–Trinajstić information content (AvgIpc) is 2.90. The second kappa shape index (κ2) is 6.46. The molecule has 0 radical (unpaired) electrons. The Hall–Kier alpha value is -0.970. The van der Waals surface area contributed by atoms with Gasteiger partial charge in [0.1, 0.15) is 0 Å². The van der Waals surface area contributed by atoms with Crippen LogP contribution in [0.2, 0.25) is 5.02 Å². The fourth-order valence-electron chi connectivity index (χ4n) is 2.33. The van der Waals surface area contributed by atoms with Crippen LogP contribution in [0.1, 0.15) is 30.9 Å². The Bertz CT molecular complexity index is 430. The first-order valence-electron chi connectivity index (χ1n) is 6.36. The monoisotopic (exact) mass is 286 g/mol. The van der Waals surface area contributed by atoms with Crippen LogP contribution in [0.5, 0.6) is 11.5 Å². The van der Waals surface area contributed by atoms with Crippen LogP contribution in [-0.2, 0) is 4.74 Å². The number of ether oxygens (including phenoxy) is 3. The number of rotatable bonds is 5. The normalized spacial score (nSPS) is 20.3. The van der Waals surface area contributed by atoms with Crippen molar-refractivity contribution in [3.8, 4) is 11.5 Å². The number of hydrogen-bond donors (Lipinski definition) is 1. The van der Waals surface area contributed by atoms with E-state index in [0.717, 1.165) is 19.4 Å². The summed E-state index contributed by atoms with van der Waals surface area (Å²) in [4.78, 5) is 0. The molecule has 1 aliphatic rings. The Labute approximate surface area is 118 Å². The molecule has 0 saturated carbocycles. The summed E-state index contributed by atoms with van der Waals surface area (Å²) in [7, 11) is 3.11. The molecule has 0 spiro atoms. The van der Waals surface area contributed by atoms with Gasteiger partial charge in [0.25, 0.3) is 0 Å². The van der Waals surface area contributed by atoms with E-state index in [1.165, 1.54) is 0 Å². The van der Waals surface area contributed by atoms with Crippen molar-refractivity contribution in [1.82, 2.24) is 0 Å². The molecule has 1 aliphatic heterocycles. The summed E-state index contributed by atoms with van der Waals surface area (Å²) in [5, 5.41) is 10.8. The van der Waals surface area contributed by atoms with Gasteiger partial charge in [-0.15, -0.1) is 0 Å². The largest absolute Gasteiger partial charge is 0.493 e. The molecule has 1 fully saturated rings. The molecule has 0 amide bonds. The third-order valence-corrected chi connectivity index (χ3v) is 3.70. The molecule has 19 heavy (non-hydrogen) atoms. The standard InChI is InChI=1S/C14H19ClO4/c1-17-13-7-10(11(15)8-14(13)18-2)12(16)6-9-4-3-5-19-9/h7-9,12,16H,3-6H2,1-2H3. The molecule has 1 aromatic rings. The van der Waals surface area contributed by atoms with Crippen LogP contribution in [0.25, 0.3) is 0 Å². The van der Waals surface area contributed by atoms with Gasteiger partial charge < -0.3 is 19.3 Å². The SMILES string of the molecule is COc1cc(Cl)c(C(O)CC2CCCO2)cc1OC. The average molecular weight is 287 g/mol. The maximum atomic E-state index is 10.3. The Morgan fingerprint density at radius 1 is 1.37 bits per heavy atom. The van der Waals surface area contributed by atoms with Gasteiger partial charge in [-0.1, -0.05) is 11.6 Å². The molecule has 1 N–H and O–H groups in total. The summed E-state index contributed by atoms with van der Waals surface area (Å²) in [5.41, 5.74) is 0.648. The van der Waals surface area contributed by atoms with Crippen molar-refractivity contribution in [2.45, 2.75) is 31.5 Å². The molecule has 0 aliphatic carbocycles. The lowest BCUT2D eigenvalue weighted by atomic mass is 10.0. The second-order valence-electron chi connectivity index (χ2n) is 4.62. The molecular formula is C14H19ClO4. The van der Waals surface area contributed by atoms with Crippen LogP contribution in [0.15, 0.2) is 12.1 Å². The van der Waals surface area contributed by atoms with E-state index in [0.29, 0.717) is 28.5 Å². The van der Waals surface area contributed by atoms with E-state index < -0.39 is 6.10 Å². The van der Waals surface area contributed by atoms with Gasteiger partial charge in [-0.25, -0.2) is 0 Å². The molecule has 5 heteroatoms. The Balaban J connectivity index is 2.17. The fourth-order valence-corrected chi connectivity index (χ4v) is 2.61. The smallest absolute Gasteiger partial charge is 0.162 e. The molecule has 106 valence electrons. The minimum absolute atomic E-state index is 0.110. The zero-order valence-electron chi connectivity index (χ0n) is 11.2. The third-order valence-electron chi connectivity index (χ3n) is 3.37. The second-order valence-corrected chi connectivity index (χ2v) is 5.02. The minimum atomic E-state index is -0.657. The highest BCUT2D eigenvalue weighted by Crippen LogP contribution is 2.37. The van der Waals surface area contributed by atoms with E-state index >= 15 is 0 Å². The zero-order valence-corrected chi connectivity index (χ0v) is 11.9. The first-order valence-corrected chi connectivity index (χ1v) is 6.74. The Kier molecular flexibility index (Phi) is 4.91. The molecule has 0 aromatic heterocycles. The van der Waals surface area contributed by atoms with E-state index in [-0.39, 0.29) is 6.10 Å². The fraction of sp³-hybridized carbons (Fsp3) is 0.571. The highest BCUT2D eigenvalue weighted by Gasteiger charge is 2.23. The zero-order chi connectivity index (χ0) is 13.8. The summed E-state index contributed by atoms with van der Waals surface area (Å²) < 4.78 is 15.9. The quantitative estimate of drug-likeness (QED) is 0.904. The Morgan fingerprint density at radius 3 is 2.63 bits per heavy atom. The topological polar surface area (TPSA) is 47.9 Å². The minimum Gasteiger partial charge on any atom is -0.493 e. The van der Waals surface area contributed by atoms with Crippen molar-refractivity contribution < 1.29 is 19.3 Å². The first-order chi connectivity index (χ1) is 9.15. The van der Waals surface area contributed by atoms with E-state index in [9.17, 15) is 5.11 Å². The van der Waals surface area contributed by atoms with E-state index in [1.54, 1.807) is 26.4 Å². The maximum absolute atomic E-state index is 10.3. The van der Waals surface area contributed by atoms with Gasteiger partial charge in [-0.2, -0.15) is 0 Å². The van der Waals surface area contributed by atoms with Gasteiger partial charge in [-0.05, 0) is 18.9 Å². The first kappa shape index (κ1) is 14.4. The van der Waals surface area contributed by atoms with Crippen LogP contribution >= 0.6 is 11.6 Å². The van der Waals surface area contributed by atoms with Crippen LogP contribution in [-0.4, -0.2) is 32.0 Å². The number of aliphatic hydroxyl groups excluding tert-OH is 1. The van der Waals surface area contributed by atoms with Gasteiger partial charge in [0.05, 0.1) is 31.5 Å². The van der Waals surface area contributed by atoms with Gasteiger partial charge >= 0.3 is 0 Å². The molecular weight excluding hydrogens is 268 g/mol. The van der Waals surface area contributed by atoms with E-state index in [1.807, 2.05) is 0 Å². The molecule has 2 rings (SSSR count). The maximum Gasteiger partial charge on any atom is 0.162 e. The van der Waals surface area contributed by atoms with E-state index in [2.05, 4.69) is 0 Å². The molecule has 4 nitrogen and oxygen atoms in total. The summed E-state index contributed by atoms with van der Waals surface area (Å²) >= 11 is 6.18. The van der Waals surface area contributed by atoms with Crippen LogP contribution in [0.4, 0.5) is 0 Å². The van der Waals surface area contributed by atoms with Crippen LogP contribution in [0.3, 0.4) is 0 Å². The summed E-state index contributed by atoms with van der Waals surface area (Å²) in [6.07, 6.45) is 2.04. The van der Waals surface area contributed by atoms with Gasteiger partial charge in [0, 0.05) is 24.7 Å². The number of methoxy groups -OCH3 is 2. The summed E-state index contributed by atoms with van der Waals surface area (Å²) in [6, 6.07) is 3.38.